The van der Waals surface area contributed by atoms with Crippen molar-refractivity contribution in [2.45, 2.75) is 32.6 Å². The molecular weight excluding hydrogens is 206 g/mol. The lowest BCUT2D eigenvalue weighted by atomic mass is 10.2. The number of nitrogens with zero attached hydrogens (tertiary/aromatic N) is 1. The van der Waals surface area contributed by atoms with Gasteiger partial charge in [0, 0.05) is 24.7 Å². The zero-order valence-corrected chi connectivity index (χ0v) is 10.4. The molecule has 0 bridgehead atoms. The summed E-state index contributed by atoms with van der Waals surface area (Å²) >= 11 is 5.76. The van der Waals surface area contributed by atoms with Crippen LogP contribution in [0.1, 0.15) is 32.3 Å². The number of rotatable bonds is 6. The van der Waals surface area contributed by atoms with E-state index in [1.807, 2.05) is 0 Å². The molecule has 15 heavy (non-hydrogen) atoms. The molecule has 1 nitrogen and oxygen atoms in total. The van der Waals surface area contributed by atoms with Crippen molar-refractivity contribution in [3.8, 4) is 0 Å². The van der Waals surface area contributed by atoms with E-state index in [1.54, 1.807) is 0 Å². The Balaban J connectivity index is 2.65. The van der Waals surface area contributed by atoms with Gasteiger partial charge in [-0.15, -0.1) is 11.6 Å². The molecule has 0 radical (unpaired) electrons. The number of benzene rings is 1. The number of unbranched alkanes of at least 4 members (excludes halogenated alkanes) is 1. The fourth-order valence-corrected chi connectivity index (χ4v) is 1.79. The van der Waals surface area contributed by atoms with Gasteiger partial charge in [-0.1, -0.05) is 25.5 Å². The average Bonchev–Trinajstić information content (AvgIpc) is 2.31. The molecule has 0 aliphatic rings. The zero-order valence-electron chi connectivity index (χ0n) is 9.67. The van der Waals surface area contributed by atoms with Crippen molar-refractivity contribution >= 4 is 17.3 Å². The first kappa shape index (κ1) is 12.4. The van der Waals surface area contributed by atoms with Crippen molar-refractivity contribution < 1.29 is 0 Å². The number of halogens is 1. The molecule has 0 N–H and O–H groups in total. The Morgan fingerprint density at radius 3 is 2.27 bits per heavy atom. The number of hydrogen-bond donors (Lipinski definition) is 0. The number of hydrogen-bond acceptors (Lipinski definition) is 1. The van der Waals surface area contributed by atoms with Crippen LogP contribution in [0.25, 0.3) is 0 Å². The second kappa shape index (κ2) is 6.73. The van der Waals surface area contributed by atoms with Crippen LogP contribution in [-0.2, 0) is 5.88 Å². The molecular formula is C13H20ClN. The largest absolute Gasteiger partial charge is 0.372 e. The van der Waals surface area contributed by atoms with E-state index in [-0.39, 0.29) is 0 Å². The lowest BCUT2D eigenvalue weighted by Crippen LogP contribution is -2.23. The highest BCUT2D eigenvalue weighted by Gasteiger charge is 2.02. The van der Waals surface area contributed by atoms with Gasteiger partial charge in [-0.25, -0.2) is 0 Å². The molecule has 0 atom stereocenters. The lowest BCUT2D eigenvalue weighted by Gasteiger charge is -2.23. The summed E-state index contributed by atoms with van der Waals surface area (Å²) in [5.41, 5.74) is 2.49. The second-order valence-corrected chi connectivity index (χ2v) is 4.00. The standard InChI is InChI=1S/C13H20ClN/c1-3-5-10-15(4-2)13-8-6-12(11-14)7-9-13/h6-9H,3-5,10-11H2,1-2H3. The first-order chi connectivity index (χ1) is 7.31. The molecule has 0 heterocycles. The van der Waals surface area contributed by atoms with Crippen molar-refractivity contribution in [1.82, 2.24) is 0 Å². The van der Waals surface area contributed by atoms with Crippen LogP contribution in [0.15, 0.2) is 24.3 Å². The van der Waals surface area contributed by atoms with Crippen LogP contribution < -0.4 is 4.90 Å². The minimum absolute atomic E-state index is 0.599. The van der Waals surface area contributed by atoms with Gasteiger partial charge in [0.1, 0.15) is 0 Å². The quantitative estimate of drug-likeness (QED) is 0.661. The third kappa shape index (κ3) is 3.75. The van der Waals surface area contributed by atoms with Gasteiger partial charge in [-0.3, -0.25) is 0 Å². The summed E-state index contributed by atoms with van der Waals surface area (Å²) in [7, 11) is 0. The molecule has 0 spiro atoms. The van der Waals surface area contributed by atoms with Crippen LogP contribution in [0.4, 0.5) is 5.69 Å². The maximum atomic E-state index is 5.76. The summed E-state index contributed by atoms with van der Waals surface area (Å²) in [6, 6.07) is 8.54. The zero-order chi connectivity index (χ0) is 11.1. The molecule has 1 aromatic carbocycles. The smallest absolute Gasteiger partial charge is 0.0474 e. The van der Waals surface area contributed by atoms with E-state index in [0.717, 1.165) is 13.1 Å². The van der Waals surface area contributed by atoms with Crippen LogP contribution >= 0.6 is 11.6 Å². The Hall–Kier alpha value is -0.690. The highest BCUT2D eigenvalue weighted by molar-refractivity contribution is 6.17. The molecule has 0 fully saturated rings. The van der Waals surface area contributed by atoms with Crippen LogP contribution in [0, 0.1) is 0 Å². The van der Waals surface area contributed by atoms with Gasteiger partial charge in [0.25, 0.3) is 0 Å². The first-order valence-electron chi connectivity index (χ1n) is 5.71. The molecule has 1 aromatic rings. The first-order valence-corrected chi connectivity index (χ1v) is 6.25. The Bertz CT molecular complexity index is 268. The Morgan fingerprint density at radius 1 is 1.13 bits per heavy atom. The fraction of sp³-hybridized carbons (Fsp3) is 0.538. The molecule has 0 unspecified atom stereocenters. The minimum Gasteiger partial charge on any atom is -0.372 e. The van der Waals surface area contributed by atoms with E-state index < -0.39 is 0 Å². The molecule has 2 heteroatoms. The molecule has 0 aromatic heterocycles. The SMILES string of the molecule is CCCCN(CC)c1ccc(CCl)cc1. The van der Waals surface area contributed by atoms with Gasteiger partial charge in [-0.2, -0.15) is 0 Å². The average molecular weight is 226 g/mol. The maximum absolute atomic E-state index is 5.76. The molecule has 0 aliphatic carbocycles. The van der Waals surface area contributed by atoms with E-state index >= 15 is 0 Å². The van der Waals surface area contributed by atoms with E-state index in [1.165, 1.54) is 24.1 Å². The third-order valence-electron chi connectivity index (χ3n) is 2.62. The van der Waals surface area contributed by atoms with Crippen molar-refractivity contribution in [3.63, 3.8) is 0 Å². The molecule has 0 aliphatic heterocycles. The second-order valence-electron chi connectivity index (χ2n) is 3.73. The monoisotopic (exact) mass is 225 g/mol. The normalized spacial score (nSPS) is 10.3. The fourth-order valence-electron chi connectivity index (χ4n) is 1.61. The van der Waals surface area contributed by atoms with Gasteiger partial charge < -0.3 is 4.90 Å². The van der Waals surface area contributed by atoms with Crippen molar-refractivity contribution in [1.29, 1.82) is 0 Å². The van der Waals surface area contributed by atoms with Gasteiger partial charge in [0.2, 0.25) is 0 Å². The highest BCUT2D eigenvalue weighted by atomic mass is 35.5. The summed E-state index contributed by atoms with van der Waals surface area (Å²) in [6.07, 6.45) is 2.50. The molecule has 0 saturated carbocycles. The van der Waals surface area contributed by atoms with Crippen molar-refractivity contribution in [2.24, 2.45) is 0 Å². The van der Waals surface area contributed by atoms with Gasteiger partial charge in [0.15, 0.2) is 0 Å². The predicted molar refractivity (Wildman–Crippen MR) is 68.8 cm³/mol. The topological polar surface area (TPSA) is 3.24 Å². The molecule has 84 valence electrons. The molecule has 1 rings (SSSR count). The lowest BCUT2D eigenvalue weighted by molar-refractivity contribution is 0.732. The maximum Gasteiger partial charge on any atom is 0.0474 e. The van der Waals surface area contributed by atoms with Gasteiger partial charge >= 0.3 is 0 Å². The van der Waals surface area contributed by atoms with E-state index in [0.29, 0.717) is 5.88 Å². The summed E-state index contributed by atoms with van der Waals surface area (Å²) in [5.74, 6) is 0.599. The summed E-state index contributed by atoms with van der Waals surface area (Å²) in [4.78, 5) is 2.40. The van der Waals surface area contributed by atoms with Crippen LogP contribution in [-0.4, -0.2) is 13.1 Å². The number of anilines is 1. The van der Waals surface area contributed by atoms with Crippen LogP contribution in [0.2, 0.25) is 0 Å². The van der Waals surface area contributed by atoms with Crippen LogP contribution in [0.5, 0.6) is 0 Å². The number of alkyl halides is 1. The minimum atomic E-state index is 0.599. The van der Waals surface area contributed by atoms with Gasteiger partial charge in [-0.05, 0) is 31.0 Å². The van der Waals surface area contributed by atoms with Crippen LogP contribution in [0.3, 0.4) is 0 Å². The summed E-state index contributed by atoms with van der Waals surface area (Å²) < 4.78 is 0. The van der Waals surface area contributed by atoms with Crippen molar-refractivity contribution in [3.05, 3.63) is 29.8 Å². The van der Waals surface area contributed by atoms with Gasteiger partial charge in [0.05, 0.1) is 0 Å². The Morgan fingerprint density at radius 2 is 1.80 bits per heavy atom. The summed E-state index contributed by atoms with van der Waals surface area (Å²) in [5, 5.41) is 0. The summed E-state index contributed by atoms with van der Waals surface area (Å²) in [6.45, 7) is 6.64. The Labute approximate surface area is 98.0 Å². The Kier molecular flexibility index (Phi) is 5.56. The predicted octanol–water partition coefficient (Wildman–Crippen LogP) is 4.05. The van der Waals surface area contributed by atoms with E-state index in [9.17, 15) is 0 Å². The van der Waals surface area contributed by atoms with E-state index in [4.69, 9.17) is 11.6 Å². The van der Waals surface area contributed by atoms with E-state index in [2.05, 4.69) is 43.0 Å². The molecule has 0 amide bonds. The molecule has 0 saturated heterocycles. The third-order valence-corrected chi connectivity index (χ3v) is 2.93. The highest BCUT2D eigenvalue weighted by Crippen LogP contribution is 2.16. The van der Waals surface area contributed by atoms with Crippen molar-refractivity contribution in [2.75, 3.05) is 18.0 Å².